The third-order valence-corrected chi connectivity index (χ3v) is 10.9. The van der Waals surface area contributed by atoms with Crippen molar-refractivity contribution in [1.29, 1.82) is 0 Å². The van der Waals surface area contributed by atoms with Crippen LogP contribution in [0.3, 0.4) is 0 Å². The third kappa shape index (κ3) is 6.92. The molecule has 3 saturated heterocycles. The van der Waals surface area contributed by atoms with Crippen molar-refractivity contribution in [3.63, 3.8) is 0 Å². The van der Waals surface area contributed by atoms with Gasteiger partial charge in [0.15, 0.2) is 0 Å². The van der Waals surface area contributed by atoms with Crippen LogP contribution in [0.1, 0.15) is 71.1 Å². The van der Waals surface area contributed by atoms with Gasteiger partial charge in [0.05, 0.1) is 16.7 Å². The smallest absolute Gasteiger partial charge is 0.414 e. The molecule has 4 unspecified atom stereocenters. The number of likely N-dealkylation sites (tertiary alicyclic amines) is 1. The molecule has 12 heteroatoms. The van der Waals surface area contributed by atoms with Crippen LogP contribution in [0.15, 0.2) is 44.9 Å². The van der Waals surface area contributed by atoms with Crippen LogP contribution in [0.2, 0.25) is 0 Å². The summed E-state index contributed by atoms with van der Waals surface area (Å²) in [5.41, 5.74) is 0. The van der Waals surface area contributed by atoms with Crippen LogP contribution in [0.4, 0.5) is 0 Å². The maximum absolute atomic E-state index is 12.9. The molecule has 4 heterocycles. The number of sulfone groups is 1. The minimum atomic E-state index is -4.16. The summed E-state index contributed by atoms with van der Waals surface area (Å²) >= 11 is 0. The fourth-order valence-corrected chi connectivity index (χ4v) is 8.66. The summed E-state index contributed by atoms with van der Waals surface area (Å²) in [5.74, 6) is 1.14. The van der Waals surface area contributed by atoms with Crippen LogP contribution in [0, 0.1) is 17.0 Å². The number of benzene rings is 1. The number of ether oxygens (including phenoxy) is 1. The van der Waals surface area contributed by atoms with Gasteiger partial charge >= 0.3 is 10.9 Å². The lowest BCUT2D eigenvalue weighted by molar-refractivity contribution is -0.832. The number of amides is 1. The summed E-state index contributed by atoms with van der Waals surface area (Å²) in [4.78, 5) is 18.0. The number of rotatable bonds is 14. The molecule has 3 aliphatic rings. The number of hydrogen-bond acceptors (Lipinski definition) is 9. The molecule has 0 spiro atoms. The van der Waals surface area contributed by atoms with Gasteiger partial charge in [-0.25, -0.2) is 8.42 Å². The van der Waals surface area contributed by atoms with Crippen LogP contribution in [-0.4, -0.2) is 80.7 Å². The van der Waals surface area contributed by atoms with Crippen molar-refractivity contribution < 1.29 is 27.5 Å². The Morgan fingerprint density at radius 1 is 1.17 bits per heavy atom. The molecule has 0 saturated carbocycles. The number of hydrogen-bond donors (Lipinski definition) is 1. The molecule has 0 radical (unpaired) electrons. The molecule has 5 rings (SSSR count). The van der Waals surface area contributed by atoms with Crippen LogP contribution >= 0.6 is 0 Å². The second-order valence-corrected chi connectivity index (χ2v) is 13.8. The number of unbranched alkanes of at least 4 members (excludes halogenated alkanes) is 1. The normalized spacial score (nSPS) is 24.7. The fraction of sp³-hybridized carbons (Fsp3) is 0.700. The second-order valence-electron chi connectivity index (χ2n) is 12.0. The zero-order valence-corrected chi connectivity index (χ0v) is 25.5. The lowest BCUT2D eigenvalue weighted by atomic mass is 9.69. The first-order valence-electron chi connectivity index (χ1n) is 15.7. The van der Waals surface area contributed by atoms with Crippen molar-refractivity contribution in [3.05, 3.63) is 35.5 Å². The number of carbonyl (C=O) groups is 1. The number of piperidine rings is 3. The highest BCUT2D eigenvalue weighted by atomic mass is 32.2. The lowest BCUT2D eigenvalue weighted by Gasteiger charge is -2.57. The average Bonchev–Trinajstić information content (AvgIpc) is 3.38. The number of nitrogens with one attached hydrogen (secondary N) is 1. The Labute approximate surface area is 249 Å². The van der Waals surface area contributed by atoms with Crippen molar-refractivity contribution >= 4 is 15.7 Å². The monoisotopic (exact) mass is 603 g/mol. The summed E-state index contributed by atoms with van der Waals surface area (Å²) in [6.45, 7) is 7.59. The van der Waals surface area contributed by atoms with E-state index in [2.05, 4.69) is 31.8 Å². The van der Waals surface area contributed by atoms with E-state index >= 15 is 0 Å². The zero-order valence-electron chi connectivity index (χ0n) is 24.7. The lowest BCUT2D eigenvalue weighted by Crippen LogP contribution is -2.64. The second kappa shape index (κ2) is 14.2. The van der Waals surface area contributed by atoms with E-state index in [1.54, 1.807) is 18.2 Å². The van der Waals surface area contributed by atoms with E-state index in [0.717, 1.165) is 30.7 Å². The quantitative estimate of drug-likeness (QED) is 0.255. The van der Waals surface area contributed by atoms with Gasteiger partial charge in [-0.15, -0.1) is 0 Å². The van der Waals surface area contributed by atoms with Crippen molar-refractivity contribution in [2.24, 2.45) is 11.8 Å². The first-order chi connectivity index (χ1) is 20.4. The molecule has 1 N–H and O–H groups in total. The highest BCUT2D eigenvalue weighted by molar-refractivity contribution is 7.91. The van der Waals surface area contributed by atoms with Gasteiger partial charge in [-0.1, -0.05) is 31.5 Å². The summed E-state index contributed by atoms with van der Waals surface area (Å²) in [7, 11) is -4.16. The van der Waals surface area contributed by atoms with Gasteiger partial charge < -0.3 is 15.3 Å². The standard InChI is InChI=1S/C30H45N5O6S/c1-2-3-18-34-22-23-11-8-19-33-20-9-14-25(28(23)33)26(34)15-7-16-27(36)31-17-10-21-40-29-30(35(37)41-32-29)42(38,39)24-12-5-4-6-13-24/h4-6,12-13,23,25-26,28H,2-3,7-11,14-22H2,1H3,(H,31,36). The van der Waals surface area contributed by atoms with E-state index in [-0.39, 0.29) is 28.2 Å². The molecular weight excluding hydrogens is 558 g/mol. The minimum Gasteiger partial charge on any atom is -0.454 e. The van der Waals surface area contributed by atoms with Crippen LogP contribution < -0.4 is 15.0 Å². The van der Waals surface area contributed by atoms with Gasteiger partial charge in [0.25, 0.3) is 9.84 Å². The van der Waals surface area contributed by atoms with E-state index in [4.69, 9.17) is 4.74 Å². The Balaban J connectivity index is 1.06. The molecule has 42 heavy (non-hydrogen) atoms. The van der Waals surface area contributed by atoms with Crippen molar-refractivity contribution in [3.8, 4) is 5.88 Å². The Morgan fingerprint density at radius 3 is 2.74 bits per heavy atom. The molecule has 1 aromatic carbocycles. The van der Waals surface area contributed by atoms with Crippen molar-refractivity contribution in [1.82, 2.24) is 20.3 Å². The molecule has 3 aliphatic heterocycles. The van der Waals surface area contributed by atoms with Gasteiger partial charge in [-0.2, -0.15) is 0 Å². The maximum atomic E-state index is 12.9. The van der Waals surface area contributed by atoms with E-state index in [1.807, 2.05) is 0 Å². The molecule has 1 amide bonds. The summed E-state index contributed by atoms with van der Waals surface area (Å²) < 4.78 is 35.7. The van der Waals surface area contributed by atoms with Crippen molar-refractivity contribution in [2.45, 2.75) is 93.1 Å². The summed E-state index contributed by atoms with van der Waals surface area (Å²) in [6.07, 6.45) is 10.6. The van der Waals surface area contributed by atoms with Crippen molar-refractivity contribution in [2.75, 3.05) is 39.3 Å². The number of nitrogens with zero attached hydrogens (tertiary/aromatic N) is 4. The van der Waals surface area contributed by atoms with E-state index in [0.29, 0.717) is 25.4 Å². The largest absolute Gasteiger partial charge is 0.454 e. The number of aromatic nitrogens is 2. The summed E-state index contributed by atoms with van der Waals surface area (Å²) in [6, 6.07) is 8.86. The molecule has 0 aliphatic carbocycles. The molecule has 2 aromatic rings. The van der Waals surface area contributed by atoms with Gasteiger partial charge in [-0.3, -0.25) is 19.2 Å². The minimum absolute atomic E-state index is 0.0120. The molecule has 0 bridgehead atoms. The zero-order chi connectivity index (χ0) is 29.5. The third-order valence-electron chi connectivity index (χ3n) is 9.22. The molecule has 3 fully saturated rings. The van der Waals surface area contributed by atoms with Gasteiger partial charge in [0.2, 0.25) is 5.91 Å². The highest BCUT2D eigenvalue weighted by Crippen LogP contribution is 2.43. The molecular formula is C30H45N5O6S. The predicted molar refractivity (Wildman–Crippen MR) is 155 cm³/mol. The molecule has 11 nitrogen and oxygen atoms in total. The molecule has 4 atom stereocenters. The maximum Gasteiger partial charge on any atom is 0.414 e. The van der Waals surface area contributed by atoms with E-state index in [1.165, 1.54) is 76.8 Å². The highest BCUT2D eigenvalue weighted by Gasteiger charge is 2.48. The summed E-state index contributed by atoms with van der Waals surface area (Å²) in [5, 5.41) is 17.8. The first-order valence-corrected chi connectivity index (χ1v) is 17.2. The Bertz CT molecular complexity index is 1270. The van der Waals surface area contributed by atoms with Gasteiger partial charge in [0.1, 0.15) is 0 Å². The van der Waals surface area contributed by atoms with Crippen LogP contribution in [-0.2, 0) is 14.6 Å². The topological polar surface area (TPSA) is 132 Å². The van der Waals surface area contributed by atoms with E-state index < -0.39 is 14.9 Å². The molecule has 1 aromatic heterocycles. The van der Waals surface area contributed by atoms with Crippen LogP contribution in [0.25, 0.3) is 0 Å². The molecule has 232 valence electrons. The SMILES string of the molecule is CCCCN1CC2CCCN3CCCC(C1CCCC(=O)NCCCOc1no[n+]([O-])c1S(=O)(=O)c1ccccc1)C23. The van der Waals surface area contributed by atoms with Gasteiger partial charge in [-0.05, 0) is 99.9 Å². The number of carbonyl (C=O) groups excluding carboxylic acids is 1. The first kappa shape index (κ1) is 30.7. The Hall–Kier alpha value is -2.70. The van der Waals surface area contributed by atoms with E-state index in [9.17, 15) is 18.4 Å². The van der Waals surface area contributed by atoms with Crippen LogP contribution in [0.5, 0.6) is 5.88 Å². The average molecular weight is 604 g/mol. The Morgan fingerprint density at radius 2 is 1.95 bits per heavy atom. The van der Waals surface area contributed by atoms with Gasteiger partial charge in [0, 0.05) is 31.6 Å². The predicted octanol–water partition coefficient (Wildman–Crippen LogP) is 3.17. The Kier molecular flexibility index (Phi) is 10.4. The fourth-order valence-electron chi connectivity index (χ4n) is 7.37.